The third-order valence-corrected chi connectivity index (χ3v) is 5.35. The maximum atomic E-state index is 12.2. The molecule has 5 nitrogen and oxygen atoms in total. The van der Waals surface area contributed by atoms with Crippen molar-refractivity contribution in [1.29, 1.82) is 0 Å². The first-order valence-corrected chi connectivity index (χ1v) is 8.24. The van der Waals surface area contributed by atoms with Crippen molar-refractivity contribution in [3.8, 4) is 0 Å². The molecule has 0 bridgehead atoms. The molecule has 0 aliphatic carbocycles. The SMILES string of the molecule is Cn1ccc2c(C(=O)O[C@H]3CCS(=O)(=O)C3)cccc21. The lowest BCUT2D eigenvalue weighted by molar-refractivity contribution is 0.0358. The second-order valence-corrected chi connectivity index (χ2v) is 7.32. The summed E-state index contributed by atoms with van der Waals surface area (Å²) in [5, 5.41) is 0.820. The minimum Gasteiger partial charge on any atom is -0.458 e. The van der Waals surface area contributed by atoms with E-state index in [-0.39, 0.29) is 11.5 Å². The lowest BCUT2D eigenvalue weighted by Crippen LogP contribution is -2.19. The molecule has 0 saturated carbocycles. The molecular weight excluding hydrogens is 278 g/mol. The van der Waals surface area contributed by atoms with E-state index in [2.05, 4.69) is 0 Å². The van der Waals surface area contributed by atoms with Crippen LogP contribution in [0.5, 0.6) is 0 Å². The van der Waals surface area contributed by atoms with Crippen molar-refractivity contribution in [2.24, 2.45) is 7.05 Å². The number of nitrogens with zero attached hydrogens (tertiary/aromatic N) is 1. The van der Waals surface area contributed by atoms with Gasteiger partial charge < -0.3 is 9.30 Å². The Balaban J connectivity index is 1.86. The van der Waals surface area contributed by atoms with Crippen molar-refractivity contribution in [3.05, 3.63) is 36.0 Å². The number of fused-ring (bicyclic) bond motifs is 1. The van der Waals surface area contributed by atoms with Gasteiger partial charge in [0.15, 0.2) is 9.84 Å². The van der Waals surface area contributed by atoms with Gasteiger partial charge in [0.1, 0.15) is 6.10 Å². The predicted molar refractivity (Wildman–Crippen MR) is 75.4 cm³/mol. The van der Waals surface area contributed by atoms with Crippen molar-refractivity contribution in [1.82, 2.24) is 4.57 Å². The van der Waals surface area contributed by atoms with Gasteiger partial charge in [0.2, 0.25) is 0 Å². The van der Waals surface area contributed by atoms with Crippen molar-refractivity contribution in [3.63, 3.8) is 0 Å². The van der Waals surface area contributed by atoms with Gasteiger partial charge in [0, 0.05) is 24.1 Å². The van der Waals surface area contributed by atoms with Crippen LogP contribution in [0.3, 0.4) is 0 Å². The normalized spacial score (nSPS) is 21.1. The summed E-state index contributed by atoms with van der Waals surface area (Å²) in [4.78, 5) is 12.2. The zero-order valence-electron chi connectivity index (χ0n) is 11.1. The number of benzene rings is 1. The molecule has 0 amide bonds. The summed E-state index contributed by atoms with van der Waals surface area (Å²) >= 11 is 0. The Kier molecular flexibility index (Phi) is 3.05. The van der Waals surface area contributed by atoms with Crippen LogP contribution in [-0.4, -0.2) is 36.6 Å². The van der Waals surface area contributed by atoms with Gasteiger partial charge in [-0.2, -0.15) is 0 Å². The van der Waals surface area contributed by atoms with E-state index in [1.54, 1.807) is 12.1 Å². The van der Waals surface area contributed by atoms with Gasteiger partial charge in [-0.25, -0.2) is 13.2 Å². The third kappa shape index (κ3) is 2.31. The number of aryl methyl sites for hydroxylation is 1. The average Bonchev–Trinajstić information content (AvgIpc) is 2.93. The van der Waals surface area contributed by atoms with E-state index >= 15 is 0 Å². The molecule has 1 aromatic carbocycles. The van der Waals surface area contributed by atoms with E-state index < -0.39 is 21.9 Å². The molecule has 0 N–H and O–H groups in total. The Hall–Kier alpha value is -1.82. The molecule has 106 valence electrons. The third-order valence-electron chi connectivity index (χ3n) is 3.61. The summed E-state index contributed by atoms with van der Waals surface area (Å²) in [5.74, 6) is -0.423. The van der Waals surface area contributed by atoms with Crippen LogP contribution in [0.4, 0.5) is 0 Å². The Bertz CT molecular complexity index is 776. The fourth-order valence-electron chi connectivity index (χ4n) is 2.55. The zero-order valence-corrected chi connectivity index (χ0v) is 11.9. The van der Waals surface area contributed by atoms with Crippen LogP contribution >= 0.6 is 0 Å². The van der Waals surface area contributed by atoms with Crippen molar-refractivity contribution < 1.29 is 17.9 Å². The van der Waals surface area contributed by atoms with Gasteiger partial charge in [0.05, 0.1) is 17.1 Å². The van der Waals surface area contributed by atoms with Crippen LogP contribution in [-0.2, 0) is 21.6 Å². The molecule has 0 unspecified atom stereocenters. The molecule has 1 atom stereocenters. The highest BCUT2D eigenvalue weighted by Crippen LogP contribution is 2.22. The first-order valence-electron chi connectivity index (χ1n) is 6.42. The molecule has 1 aliphatic rings. The zero-order chi connectivity index (χ0) is 14.3. The Morgan fingerprint density at radius 1 is 1.35 bits per heavy atom. The molecule has 2 heterocycles. The fraction of sp³-hybridized carbons (Fsp3) is 0.357. The van der Waals surface area contributed by atoms with Crippen LogP contribution in [0.2, 0.25) is 0 Å². The number of hydrogen-bond acceptors (Lipinski definition) is 4. The average molecular weight is 293 g/mol. The minimum absolute atomic E-state index is 0.0660. The Morgan fingerprint density at radius 2 is 2.15 bits per heavy atom. The molecule has 2 aromatic rings. The number of esters is 1. The van der Waals surface area contributed by atoms with Crippen LogP contribution in [0, 0.1) is 0 Å². The lowest BCUT2D eigenvalue weighted by Gasteiger charge is -2.11. The number of ether oxygens (including phenoxy) is 1. The van der Waals surface area contributed by atoms with Crippen molar-refractivity contribution in [2.75, 3.05) is 11.5 Å². The van der Waals surface area contributed by atoms with E-state index in [9.17, 15) is 13.2 Å². The smallest absolute Gasteiger partial charge is 0.339 e. The largest absolute Gasteiger partial charge is 0.458 e. The Morgan fingerprint density at radius 3 is 2.85 bits per heavy atom. The van der Waals surface area contributed by atoms with E-state index in [1.807, 2.05) is 29.9 Å². The maximum absolute atomic E-state index is 12.2. The molecule has 1 aromatic heterocycles. The molecule has 20 heavy (non-hydrogen) atoms. The van der Waals surface area contributed by atoms with Crippen LogP contribution in [0.15, 0.2) is 30.5 Å². The number of sulfone groups is 1. The summed E-state index contributed by atoms with van der Waals surface area (Å²) in [5.41, 5.74) is 1.42. The Labute approximate surface area is 117 Å². The summed E-state index contributed by atoms with van der Waals surface area (Å²) in [6.07, 6.45) is 1.74. The van der Waals surface area contributed by atoms with Gasteiger partial charge in [-0.15, -0.1) is 0 Å². The standard InChI is InChI=1S/C14H15NO4S/c1-15-7-5-11-12(3-2-4-13(11)15)14(16)19-10-6-8-20(17,18)9-10/h2-5,7,10H,6,8-9H2,1H3/t10-/m0/s1. The highest BCUT2D eigenvalue weighted by Gasteiger charge is 2.31. The first kappa shape index (κ1) is 13.2. The molecular formula is C14H15NO4S. The second-order valence-electron chi connectivity index (χ2n) is 5.10. The second kappa shape index (κ2) is 4.63. The van der Waals surface area contributed by atoms with Crippen LogP contribution in [0.1, 0.15) is 16.8 Å². The monoisotopic (exact) mass is 293 g/mol. The number of hydrogen-bond donors (Lipinski definition) is 0. The molecule has 0 spiro atoms. The van der Waals surface area contributed by atoms with Gasteiger partial charge >= 0.3 is 5.97 Å². The molecule has 1 saturated heterocycles. The fourth-order valence-corrected chi connectivity index (χ4v) is 4.14. The predicted octanol–water partition coefficient (Wildman–Crippen LogP) is 1.52. The maximum Gasteiger partial charge on any atom is 0.339 e. The van der Waals surface area contributed by atoms with Crippen LogP contribution < -0.4 is 0 Å². The summed E-state index contributed by atoms with van der Waals surface area (Å²) < 4.78 is 30.0. The topological polar surface area (TPSA) is 65.4 Å². The molecule has 1 fully saturated rings. The van der Waals surface area contributed by atoms with E-state index in [0.29, 0.717) is 12.0 Å². The van der Waals surface area contributed by atoms with Crippen molar-refractivity contribution in [2.45, 2.75) is 12.5 Å². The van der Waals surface area contributed by atoms with E-state index in [0.717, 1.165) is 10.9 Å². The molecule has 0 radical (unpaired) electrons. The van der Waals surface area contributed by atoms with Gasteiger partial charge in [0.25, 0.3) is 0 Å². The number of aromatic nitrogens is 1. The van der Waals surface area contributed by atoms with Crippen LogP contribution in [0.25, 0.3) is 10.9 Å². The minimum atomic E-state index is -3.04. The summed E-state index contributed by atoms with van der Waals surface area (Å²) in [6.45, 7) is 0. The highest BCUT2D eigenvalue weighted by atomic mass is 32.2. The quantitative estimate of drug-likeness (QED) is 0.788. The van der Waals surface area contributed by atoms with Crippen molar-refractivity contribution >= 4 is 26.7 Å². The molecule has 6 heteroatoms. The lowest BCUT2D eigenvalue weighted by atomic mass is 10.1. The number of rotatable bonds is 2. The highest BCUT2D eigenvalue weighted by molar-refractivity contribution is 7.91. The number of carbonyl (C=O) groups is 1. The first-order chi connectivity index (χ1) is 9.46. The van der Waals surface area contributed by atoms with E-state index in [1.165, 1.54) is 0 Å². The van der Waals surface area contributed by atoms with E-state index in [4.69, 9.17) is 4.74 Å². The van der Waals surface area contributed by atoms with Gasteiger partial charge in [-0.1, -0.05) is 6.07 Å². The number of carbonyl (C=O) groups excluding carboxylic acids is 1. The van der Waals surface area contributed by atoms with Gasteiger partial charge in [-0.05, 0) is 24.6 Å². The summed E-state index contributed by atoms with van der Waals surface area (Å²) in [7, 11) is -1.14. The molecule has 3 rings (SSSR count). The van der Waals surface area contributed by atoms with Gasteiger partial charge in [-0.3, -0.25) is 0 Å². The summed E-state index contributed by atoms with van der Waals surface area (Å²) in [6, 6.07) is 7.28. The molecule has 1 aliphatic heterocycles.